The Labute approximate surface area is 298 Å². The fourth-order valence-corrected chi connectivity index (χ4v) is 7.26. The fourth-order valence-electron chi connectivity index (χ4n) is 7.26. The Hall–Kier alpha value is -4.93. The average molecular weight is 692 g/mol. The number of benzene rings is 3. The van der Waals surface area contributed by atoms with Gasteiger partial charge in [0.05, 0.1) is 18.7 Å². The van der Waals surface area contributed by atoms with Gasteiger partial charge in [0.2, 0.25) is 0 Å². The predicted octanol–water partition coefficient (Wildman–Crippen LogP) is 8.29. The normalized spacial score (nSPS) is 15.7. The third-order valence-corrected chi connectivity index (χ3v) is 10.2. The molecule has 4 N–H and O–H groups in total. The molecule has 1 aliphatic carbocycles. The van der Waals surface area contributed by atoms with Gasteiger partial charge in [0.1, 0.15) is 34.3 Å². The molecular formula is C41H46FN5O4. The number of piperidine rings is 1. The Kier molecular flexibility index (Phi) is 10.2. The van der Waals surface area contributed by atoms with Crippen molar-refractivity contribution in [2.24, 2.45) is 0 Å². The van der Waals surface area contributed by atoms with E-state index in [0.717, 1.165) is 50.5 Å². The number of aromatic nitrogens is 2. The summed E-state index contributed by atoms with van der Waals surface area (Å²) >= 11 is 0. The van der Waals surface area contributed by atoms with E-state index < -0.39 is 11.8 Å². The number of ether oxygens (including phenoxy) is 2. The lowest BCUT2D eigenvalue weighted by Crippen LogP contribution is -2.45. The predicted molar refractivity (Wildman–Crippen MR) is 198 cm³/mol. The summed E-state index contributed by atoms with van der Waals surface area (Å²) in [5.74, 6) is 0.937. The Balaban J connectivity index is 1.03. The van der Waals surface area contributed by atoms with Crippen molar-refractivity contribution in [3.63, 3.8) is 0 Å². The molecule has 51 heavy (non-hydrogen) atoms. The molecule has 1 atom stereocenters. The summed E-state index contributed by atoms with van der Waals surface area (Å²) in [6, 6.07) is 22.5. The molecule has 9 nitrogen and oxygen atoms in total. The van der Waals surface area contributed by atoms with Crippen LogP contribution in [0.1, 0.15) is 90.0 Å². The number of carboxylic acids is 1. The van der Waals surface area contributed by atoms with Gasteiger partial charge in [-0.2, -0.15) is 0 Å². The number of pyridine rings is 1. The van der Waals surface area contributed by atoms with E-state index in [1.807, 2.05) is 6.07 Å². The van der Waals surface area contributed by atoms with E-state index in [4.69, 9.17) is 9.47 Å². The second kappa shape index (κ2) is 15.1. The first-order chi connectivity index (χ1) is 24.8. The molecule has 0 amide bonds. The van der Waals surface area contributed by atoms with Gasteiger partial charge in [-0.25, -0.2) is 14.2 Å². The molecule has 3 heterocycles. The van der Waals surface area contributed by atoms with Crippen molar-refractivity contribution in [3.8, 4) is 17.2 Å². The molecule has 0 bridgehead atoms. The van der Waals surface area contributed by atoms with Gasteiger partial charge < -0.3 is 35.1 Å². The van der Waals surface area contributed by atoms with Crippen LogP contribution >= 0.6 is 0 Å². The van der Waals surface area contributed by atoms with Crippen LogP contribution in [0.5, 0.6) is 17.2 Å². The summed E-state index contributed by atoms with van der Waals surface area (Å²) < 4.78 is 25.9. The van der Waals surface area contributed by atoms with Gasteiger partial charge in [-0.1, -0.05) is 50.2 Å². The zero-order valence-corrected chi connectivity index (χ0v) is 29.4. The number of anilines is 1. The van der Waals surface area contributed by atoms with Crippen molar-refractivity contribution in [1.82, 2.24) is 20.6 Å². The highest BCUT2D eigenvalue weighted by Crippen LogP contribution is 2.44. The minimum Gasteiger partial charge on any atom is -0.496 e. The quantitative estimate of drug-likeness (QED) is 0.0921. The number of rotatable bonds is 14. The number of fused-ring (bicyclic) bond motifs is 1. The van der Waals surface area contributed by atoms with Crippen molar-refractivity contribution in [3.05, 3.63) is 113 Å². The van der Waals surface area contributed by atoms with Crippen LogP contribution in [0.3, 0.4) is 0 Å². The SMILES string of the molecule is COc1cc(CNC[C@H](NC2CCN(c3ccc(C(=O)O)c(Oc4cnc5[nH]cc(F)c5c4)c3)CC2)c2ccccc2C(C)C)ccc1C1CC1. The van der Waals surface area contributed by atoms with Gasteiger partial charge >= 0.3 is 5.97 Å². The molecule has 2 aromatic heterocycles. The number of methoxy groups -OCH3 is 1. The standard InChI is InChI=1S/C41H46FN5O4/c1-25(2)31-6-4-5-7-33(31)37(24-43-21-26-8-12-32(27-9-10-27)38(18-26)50-3)46-28-14-16-47(17-15-28)29-11-13-34(41(48)49)39(19-29)51-30-20-35-36(42)23-45-40(35)44-22-30/h4-8,11-13,18-20,22-23,25,27-28,37,43,46H,9-10,14-17,21,24H2,1-3H3,(H,44,45)(H,48,49)/t37-/m0/s1. The molecule has 1 aliphatic heterocycles. The van der Waals surface area contributed by atoms with E-state index in [1.165, 1.54) is 53.6 Å². The van der Waals surface area contributed by atoms with Crippen LogP contribution < -0.4 is 25.0 Å². The van der Waals surface area contributed by atoms with E-state index >= 15 is 0 Å². The van der Waals surface area contributed by atoms with E-state index in [1.54, 1.807) is 19.2 Å². The number of aromatic amines is 1. The molecule has 5 aromatic rings. The Morgan fingerprint density at radius 3 is 2.53 bits per heavy atom. The number of carboxylic acid groups (broad SMARTS) is 1. The number of carbonyl (C=O) groups is 1. The Bertz CT molecular complexity index is 2000. The first-order valence-corrected chi connectivity index (χ1v) is 17.9. The van der Waals surface area contributed by atoms with Crippen LogP contribution in [0.4, 0.5) is 10.1 Å². The summed E-state index contributed by atoms with van der Waals surface area (Å²) in [6.07, 6.45) is 7.02. The maximum absolute atomic E-state index is 14.2. The summed E-state index contributed by atoms with van der Waals surface area (Å²) in [7, 11) is 1.76. The zero-order chi connectivity index (χ0) is 35.5. The molecule has 2 aliphatic rings. The van der Waals surface area contributed by atoms with Crippen LogP contribution in [0.15, 0.2) is 79.1 Å². The minimum absolute atomic E-state index is 0.0291. The molecule has 0 unspecified atom stereocenters. The number of nitrogens with zero attached hydrogens (tertiary/aromatic N) is 2. The lowest BCUT2D eigenvalue weighted by atomic mass is 9.91. The third kappa shape index (κ3) is 7.87. The maximum Gasteiger partial charge on any atom is 0.339 e. The lowest BCUT2D eigenvalue weighted by molar-refractivity contribution is 0.0694. The van der Waals surface area contributed by atoms with Crippen LogP contribution in [0.25, 0.3) is 11.0 Å². The molecule has 1 saturated carbocycles. The third-order valence-electron chi connectivity index (χ3n) is 10.2. The van der Waals surface area contributed by atoms with Crippen molar-refractivity contribution in [2.75, 3.05) is 31.6 Å². The number of nitrogens with one attached hydrogen (secondary N) is 3. The first kappa shape index (κ1) is 34.5. The van der Waals surface area contributed by atoms with Gasteiger partial charge in [0, 0.05) is 56.2 Å². The Morgan fingerprint density at radius 1 is 1.02 bits per heavy atom. The van der Waals surface area contributed by atoms with Crippen molar-refractivity contribution < 1.29 is 23.8 Å². The number of aromatic carboxylic acids is 1. The second-order valence-corrected chi connectivity index (χ2v) is 14.0. The second-order valence-electron chi connectivity index (χ2n) is 14.0. The molecule has 2 fully saturated rings. The summed E-state index contributed by atoms with van der Waals surface area (Å²) in [4.78, 5) is 21.3. The molecule has 0 spiro atoms. The zero-order valence-electron chi connectivity index (χ0n) is 29.4. The fraction of sp³-hybridized carbons (Fsp3) is 0.366. The molecular weight excluding hydrogens is 645 g/mol. The summed E-state index contributed by atoms with van der Waals surface area (Å²) in [5.41, 5.74) is 6.51. The van der Waals surface area contributed by atoms with Crippen LogP contribution in [0, 0.1) is 5.82 Å². The van der Waals surface area contributed by atoms with Gasteiger partial charge in [-0.3, -0.25) is 0 Å². The van der Waals surface area contributed by atoms with Crippen LogP contribution in [0.2, 0.25) is 0 Å². The number of hydrogen-bond donors (Lipinski definition) is 4. The number of halogens is 1. The van der Waals surface area contributed by atoms with Gasteiger partial charge in [0.15, 0.2) is 0 Å². The first-order valence-electron chi connectivity index (χ1n) is 17.9. The monoisotopic (exact) mass is 691 g/mol. The molecule has 0 radical (unpaired) electrons. The van der Waals surface area contributed by atoms with Crippen molar-refractivity contribution in [2.45, 2.75) is 70.0 Å². The Morgan fingerprint density at radius 2 is 1.80 bits per heavy atom. The topological polar surface area (TPSA) is 112 Å². The largest absolute Gasteiger partial charge is 0.496 e. The highest BCUT2D eigenvalue weighted by Gasteiger charge is 2.28. The molecule has 3 aromatic carbocycles. The average Bonchev–Trinajstić information content (AvgIpc) is 3.93. The van der Waals surface area contributed by atoms with Gasteiger partial charge in [0.25, 0.3) is 0 Å². The molecule has 266 valence electrons. The van der Waals surface area contributed by atoms with Crippen LogP contribution in [-0.2, 0) is 6.54 Å². The van der Waals surface area contributed by atoms with Crippen molar-refractivity contribution >= 4 is 22.7 Å². The molecule has 1 saturated heterocycles. The van der Waals surface area contributed by atoms with Crippen molar-refractivity contribution in [1.29, 1.82) is 0 Å². The molecule has 7 rings (SSSR count). The summed E-state index contributed by atoms with van der Waals surface area (Å²) in [5, 5.41) is 17.9. The summed E-state index contributed by atoms with van der Waals surface area (Å²) in [6.45, 7) is 7.62. The highest BCUT2D eigenvalue weighted by molar-refractivity contribution is 5.92. The van der Waals surface area contributed by atoms with E-state index in [2.05, 4.69) is 81.8 Å². The van der Waals surface area contributed by atoms with Gasteiger partial charge in [-0.05, 0) is 84.0 Å². The highest BCUT2D eigenvalue weighted by atomic mass is 19.1. The van der Waals surface area contributed by atoms with E-state index in [0.29, 0.717) is 23.5 Å². The lowest BCUT2D eigenvalue weighted by Gasteiger charge is -2.36. The van der Waals surface area contributed by atoms with Crippen LogP contribution in [-0.4, -0.2) is 53.8 Å². The van der Waals surface area contributed by atoms with E-state index in [9.17, 15) is 14.3 Å². The maximum atomic E-state index is 14.2. The smallest absolute Gasteiger partial charge is 0.339 e. The van der Waals surface area contributed by atoms with Gasteiger partial charge in [-0.15, -0.1) is 0 Å². The number of H-pyrrole nitrogens is 1. The van der Waals surface area contributed by atoms with E-state index in [-0.39, 0.29) is 28.5 Å². The number of hydrogen-bond acceptors (Lipinski definition) is 7. The minimum atomic E-state index is -1.10. The molecule has 10 heteroatoms.